The Balaban J connectivity index is 1.54. The minimum Gasteiger partial charge on any atom is -0.454 e. The number of fused-ring (bicyclic) bond motifs is 2. The Labute approximate surface area is 182 Å². The van der Waals surface area contributed by atoms with Crippen molar-refractivity contribution in [3.05, 3.63) is 39.0 Å². The average molecular weight is 491 g/mol. The third kappa shape index (κ3) is 3.43. The summed E-state index contributed by atoms with van der Waals surface area (Å²) in [6.07, 6.45) is 2.31. The number of thiazole rings is 1. The fraction of sp³-hybridized carbons (Fsp3) is 0.222. The summed E-state index contributed by atoms with van der Waals surface area (Å²) in [5.41, 5.74) is 10.3. The van der Waals surface area contributed by atoms with Crippen molar-refractivity contribution in [2.24, 2.45) is 0 Å². The van der Waals surface area contributed by atoms with Crippen LogP contribution >= 0.6 is 39.0 Å². The Hall–Kier alpha value is -2.37. The molecule has 0 fully saturated rings. The van der Waals surface area contributed by atoms with E-state index in [0.717, 1.165) is 43.8 Å². The van der Waals surface area contributed by atoms with Crippen molar-refractivity contribution in [3.63, 3.8) is 0 Å². The first-order valence-electron chi connectivity index (χ1n) is 8.73. The SMILES string of the molecule is Cc1ncsc1CCn1c(Sc2cc3c(cc2Br)OCO3)nc2c(N)ncnc21. The lowest BCUT2D eigenvalue weighted by atomic mass is 10.3. The van der Waals surface area contributed by atoms with Crippen molar-refractivity contribution in [2.45, 2.75) is 29.9 Å². The summed E-state index contributed by atoms with van der Waals surface area (Å²) in [6, 6.07) is 3.86. The molecule has 1 aliphatic rings. The third-order valence-corrected chi connectivity index (χ3v) is 7.53. The third-order valence-electron chi connectivity index (χ3n) is 4.56. The van der Waals surface area contributed by atoms with Crippen molar-refractivity contribution in [2.75, 3.05) is 12.5 Å². The number of hydrogen-bond acceptors (Lipinski definition) is 9. The number of ether oxygens (including phenoxy) is 2. The molecule has 5 rings (SSSR count). The van der Waals surface area contributed by atoms with Crippen molar-refractivity contribution in [3.8, 4) is 11.5 Å². The first kappa shape index (κ1) is 18.6. The maximum Gasteiger partial charge on any atom is 0.231 e. The molecule has 0 saturated carbocycles. The second-order valence-corrected chi connectivity index (χ2v) is 9.13. The van der Waals surface area contributed by atoms with Gasteiger partial charge in [0.05, 0.1) is 11.2 Å². The van der Waals surface area contributed by atoms with Gasteiger partial charge in [-0.05, 0) is 35.0 Å². The molecule has 2 N–H and O–H groups in total. The first-order valence-corrected chi connectivity index (χ1v) is 11.2. The maximum atomic E-state index is 6.06. The van der Waals surface area contributed by atoms with Crippen LogP contribution in [0.4, 0.5) is 5.82 Å². The molecule has 0 aliphatic carbocycles. The van der Waals surface area contributed by atoms with E-state index in [9.17, 15) is 0 Å². The number of nitrogen functional groups attached to an aromatic ring is 1. The van der Waals surface area contributed by atoms with E-state index >= 15 is 0 Å². The fourth-order valence-electron chi connectivity index (χ4n) is 3.07. The molecule has 4 heterocycles. The quantitative estimate of drug-likeness (QED) is 0.446. The summed E-state index contributed by atoms with van der Waals surface area (Å²) in [7, 11) is 0. The molecule has 148 valence electrons. The molecule has 4 aromatic rings. The van der Waals surface area contributed by atoms with E-state index in [-0.39, 0.29) is 6.79 Å². The molecule has 1 aliphatic heterocycles. The molecular formula is C18H15BrN6O2S2. The molecule has 8 nitrogen and oxygen atoms in total. The lowest BCUT2D eigenvalue weighted by molar-refractivity contribution is 0.174. The van der Waals surface area contributed by atoms with Crippen molar-refractivity contribution in [1.29, 1.82) is 0 Å². The lowest BCUT2D eigenvalue weighted by Crippen LogP contribution is -2.04. The minimum atomic E-state index is 0.231. The number of imidazole rings is 1. The lowest BCUT2D eigenvalue weighted by Gasteiger charge is -2.09. The van der Waals surface area contributed by atoms with Crippen LogP contribution in [0.15, 0.2) is 38.5 Å². The van der Waals surface area contributed by atoms with Crippen LogP contribution in [0.5, 0.6) is 11.5 Å². The largest absolute Gasteiger partial charge is 0.454 e. The van der Waals surface area contributed by atoms with E-state index < -0.39 is 0 Å². The molecule has 3 aromatic heterocycles. The zero-order chi connectivity index (χ0) is 20.0. The molecule has 29 heavy (non-hydrogen) atoms. The normalized spacial score (nSPS) is 12.8. The summed E-state index contributed by atoms with van der Waals surface area (Å²) in [6.45, 7) is 2.96. The van der Waals surface area contributed by atoms with Crippen molar-refractivity contribution < 1.29 is 9.47 Å². The van der Waals surface area contributed by atoms with Gasteiger partial charge >= 0.3 is 0 Å². The highest BCUT2D eigenvalue weighted by Gasteiger charge is 2.21. The Morgan fingerprint density at radius 1 is 1.24 bits per heavy atom. The molecule has 0 bridgehead atoms. The Morgan fingerprint density at radius 2 is 2.07 bits per heavy atom. The number of anilines is 1. The van der Waals surface area contributed by atoms with Crippen LogP contribution in [0.25, 0.3) is 11.2 Å². The van der Waals surface area contributed by atoms with Gasteiger partial charge in [-0.25, -0.2) is 19.9 Å². The van der Waals surface area contributed by atoms with Gasteiger partial charge in [0.15, 0.2) is 33.6 Å². The summed E-state index contributed by atoms with van der Waals surface area (Å²) in [5.74, 6) is 1.82. The Bertz CT molecular complexity index is 1220. The van der Waals surface area contributed by atoms with Gasteiger partial charge in [-0.3, -0.25) is 0 Å². The smallest absolute Gasteiger partial charge is 0.231 e. The van der Waals surface area contributed by atoms with Gasteiger partial charge in [-0.2, -0.15) is 0 Å². The zero-order valence-corrected chi connectivity index (χ0v) is 18.5. The Morgan fingerprint density at radius 3 is 2.86 bits per heavy atom. The molecule has 11 heteroatoms. The number of halogens is 1. The van der Waals surface area contributed by atoms with E-state index in [1.54, 1.807) is 11.3 Å². The van der Waals surface area contributed by atoms with Gasteiger partial charge in [0.2, 0.25) is 6.79 Å². The number of hydrogen-bond donors (Lipinski definition) is 1. The highest BCUT2D eigenvalue weighted by atomic mass is 79.9. The molecule has 0 amide bonds. The van der Waals surface area contributed by atoms with Crippen LogP contribution in [0.3, 0.4) is 0 Å². The molecule has 0 unspecified atom stereocenters. The van der Waals surface area contributed by atoms with Gasteiger partial charge in [-0.1, -0.05) is 11.8 Å². The first-order chi connectivity index (χ1) is 14.1. The molecule has 0 atom stereocenters. The minimum absolute atomic E-state index is 0.231. The summed E-state index contributed by atoms with van der Waals surface area (Å²) in [5, 5.41) is 0.786. The highest BCUT2D eigenvalue weighted by Crippen LogP contribution is 2.43. The predicted octanol–water partition coefficient (Wildman–Crippen LogP) is 4.06. The van der Waals surface area contributed by atoms with E-state index in [0.29, 0.717) is 17.9 Å². The van der Waals surface area contributed by atoms with Crippen LogP contribution in [0.2, 0.25) is 0 Å². The molecular weight excluding hydrogens is 476 g/mol. The monoisotopic (exact) mass is 490 g/mol. The van der Waals surface area contributed by atoms with Gasteiger partial charge in [-0.15, -0.1) is 11.3 Å². The second kappa shape index (κ2) is 7.47. The van der Waals surface area contributed by atoms with E-state index in [4.69, 9.17) is 20.2 Å². The molecule has 0 radical (unpaired) electrons. The van der Waals surface area contributed by atoms with Crippen LogP contribution in [-0.4, -0.2) is 31.3 Å². The average Bonchev–Trinajstić information content (AvgIpc) is 3.40. The number of aromatic nitrogens is 5. The number of nitrogens with two attached hydrogens (primary N) is 1. The van der Waals surface area contributed by atoms with E-state index in [1.807, 2.05) is 24.6 Å². The highest BCUT2D eigenvalue weighted by molar-refractivity contribution is 9.10. The van der Waals surface area contributed by atoms with Crippen LogP contribution in [-0.2, 0) is 13.0 Å². The molecule has 0 spiro atoms. The van der Waals surface area contributed by atoms with E-state index in [1.165, 1.54) is 23.0 Å². The number of nitrogens with zero attached hydrogens (tertiary/aromatic N) is 5. The standard InChI is InChI=1S/C18H15BrN6O2S2/c1-9-13(28-7-23-9)2-3-25-17-15(16(20)21-6-22-17)24-18(25)29-14-5-12-11(4-10(14)19)26-8-27-12/h4-7H,2-3,8H2,1H3,(H2,20,21,22). The maximum absolute atomic E-state index is 6.06. The van der Waals surface area contributed by atoms with Gasteiger partial charge in [0.1, 0.15) is 6.33 Å². The second-order valence-electron chi connectivity index (χ2n) is 6.33. The topological polar surface area (TPSA) is 101 Å². The van der Waals surface area contributed by atoms with Gasteiger partial charge in [0, 0.05) is 27.2 Å². The summed E-state index contributed by atoms with van der Waals surface area (Å²) < 4.78 is 13.9. The van der Waals surface area contributed by atoms with Crippen LogP contribution in [0, 0.1) is 6.92 Å². The number of aryl methyl sites for hydroxylation is 3. The summed E-state index contributed by atoms with van der Waals surface area (Å²) in [4.78, 5) is 19.8. The Kier molecular flexibility index (Phi) is 4.80. The van der Waals surface area contributed by atoms with Crippen molar-refractivity contribution >= 4 is 56.0 Å². The zero-order valence-electron chi connectivity index (χ0n) is 15.3. The predicted molar refractivity (Wildman–Crippen MR) is 115 cm³/mol. The van der Waals surface area contributed by atoms with E-state index in [2.05, 4.69) is 35.4 Å². The molecule has 0 saturated heterocycles. The number of rotatable bonds is 5. The molecule has 1 aromatic carbocycles. The number of benzene rings is 1. The van der Waals surface area contributed by atoms with Crippen LogP contribution in [0.1, 0.15) is 10.6 Å². The fourth-order valence-corrected chi connectivity index (χ4v) is 5.35. The van der Waals surface area contributed by atoms with Crippen LogP contribution < -0.4 is 15.2 Å². The van der Waals surface area contributed by atoms with Crippen molar-refractivity contribution in [1.82, 2.24) is 24.5 Å². The van der Waals surface area contributed by atoms with Gasteiger partial charge in [0.25, 0.3) is 0 Å². The summed E-state index contributed by atoms with van der Waals surface area (Å²) >= 11 is 6.79. The van der Waals surface area contributed by atoms with Gasteiger partial charge < -0.3 is 19.8 Å².